The van der Waals surface area contributed by atoms with E-state index in [1.165, 1.54) is 6.38 Å². The van der Waals surface area contributed by atoms with Crippen molar-refractivity contribution in [2.24, 2.45) is 0 Å². The van der Waals surface area contributed by atoms with Gasteiger partial charge in [0.1, 0.15) is 0 Å². The molecule has 5 heavy (non-hydrogen) atoms. The van der Waals surface area contributed by atoms with E-state index in [0.717, 1.165) is 0 Å². The van der Waals surface area contributed by atoms with Gasteiger partial charge < -0.3 is 5.11 Å². The third-order valence-corrected chi connectivity index (χ3v) is 0. The maximum absolute atomic E-state index is 7.57. The van der Waals surface area contributed by atoms with Gasteiger partial charge in [-0.2, -0.15) is 0 Å². The van der Waals surface area contributed by atoms with Gasteiger partial charge in [-0.25, -0.2) is 0 Å². The van der Waals surface area contributed by atoms with Crippen LogP contribution in [0.2, 0.25) is 0 Å². The van der Waals surface area contributed by atoms with Gasteiger partial charge in [0, 0.05) is 13.0 Å². The van der Waals surface area contributed by atoms with Gasteiger partial charge in [0.25, 0.3) is 0 Å². The highest BCUT2D eigenvalue weighted by atomic mass is 35.5. The topological polar surface area (TPSA) is 20.2 Å². The van der Waals surface area contributed by atoms with Crippen molar-refractivity contribution in [2.75, 3.05) is 13.0 Å². The number of hydrogen-bond donors (Lipinski definition) is 1. The fraction of sp³-hybridized carbons (Fsp3) is 1.00. The summed E-state index contributed by atoms with van der Waals surface area (Å²) in [6.45, 7) is 1.93. The maximum Gasteiger partial charge on any atom is 0.0402 e. The van der Waals surface area contributed by atoms with Gasteiger partial charge in [-0.15, -0.1) is 11.6 Å². The zero-order valence-corrected chi connectivity index (χ0v) is 4.29. The van der Waals surface area contributed by atoms with E-state index in [-0.39, 0.29) is 6.61 Å². The van der Waals surface area contributed by atoms with E-state index >= 15 is 0 Å². The number of aliphatic hydroxyl groups is 1. The molecule has 0 fully saturated rings. The number of halogens is 1. The van der Waals surface area contributed by atoms with Crippen molar-refractivity contribution in [3.05, 3.63) is 0 Å². The van der Waals surface area contributed by atoms with Gasteiger partial charge in [0.2, 0.25) is 0 Å². The van der Waals surface area contributed by atoms with Crippen LogP contribution in [0.5, 0.6) is 0 Å². The van der Waals surface area contributed by atoms with E-state index in [1.54, 1.807) is 6.92 Å². The summed E-state index contributed by atoms with van der Waals surface area (Å²) in [5.41, 5.74) is 0. The summed E-state index contributed by atoms with van der Waals surface area (Å²) in [6, 6.07) is 0. The predicted octanol–water partition coefficient (Wildman–Crippen LogP) is 0.854. The molecule has 0 aliphatic heterocycles. The van der Waals surface area contributed by atoms with E-state index in [4.69, 9.17) is 5.11 Å². The van der Waals surface area contributed by atoms with E-state index in [9.17, 15) is 0 Å². The van der Waals surface area contributed by atoms with Crippen molar-refractivity contribution in [2.45, 2.75) is 6.92 Å². The molecule has 0 saturated heterocycles. The lowest BCUT2D eigenvalue weighted by molar-refractivity contribution is 0.318. The van der Waals surface area contributed by atoms with Gasteiger partial charge in [0.05, 0.1) is 0 Å². The molecule has 0 spiro atoms. The summed E-state index contributed by atoms with van der Waals surface area (Å²) in [7, 11) is 0. The molecule has 0 unspecified atom stereocenters. The fourth-order valence-electron chi connectivity index (χ4n) is 0. The first-order valence-electron chi connectivity index (χ1n) is 1.40. The normalized spacial score (nSPS) is 4.80. The largest absolute Gasteiger partial charge is 0.397 e. The summed E-state index contributed by atoms with van der Waals surface area (Å²) >= 11 is 4.64. The second kappa shape index (κ2) is 28.7. The van der Waals surface area contributed by atoms with Crippen LogP contribution in [-0.2, 0) is 0 Å². The Hall–Kier alpha value is 0.250. The molecule has 0 aliphatic rings. The molecule has 0 saturated carbocycles. The molecular weight excluding hydrogens is 87.5 g/mol. The summed E-state index contributed by atoms with van der Waals surface area (Å²) < 4.78 is 0. The van der Waals surface area contributed by atoms with Crippen LogP contribution in [0.15, 0.2) is 0 Å². The standard InChI is InChI=1S/C2H6O.CH3Cl/c1-2-3;1-2/h3H,2H2,1H3;1H3. The first kappa shape index (κ1) is 8.98. The van der Waals surface area contributed by atoms with Crippen molar-refractivity contribution in [1.82, 2.24) is 0 Å². The zero-order chi connectivity index (χ0) is 4.71. The van der Waals surface area contributed by atoms with Crippen LogP contribution in [0.25, 0.3) is 0 Å². The minimum absolute atomic E-state index is 0.250. The van der Waals surface area contributed by atoms with Gasteiger partial charge >= 0.3 is 0 Å². The third-order valence-electron chi connectivity index (χ3n) is 0. The Morgan fingerprint density at radius 3 is 1.60 bits per heavy atom. The molecule has 0 atom stereocenters. The monoisotopic (exact) mass is 96.0 g/mol. The lowest BCUT2D eigenvalue weighted by Gasteiger charge is -1.52. The Bertz CT molecular complexity index is 6.85. The number of hydrogen-bond acceptors (Lipinski definition) is 1. The molecule has 0 aromatic rings. The smallest absolute Gasteiger partial charge is 0.0402 e. The van der Waals surface area contributed by atoms with Crippen LogP contribution in [0.3, 0.4) is 0 Å². The molecule has 0 aromatic carbocycles. The molecule has 0 amide bonds. The van der Waals surface area contributed by atoms with Crippen molar-refractivity contribution >= 4 is 11.6 Å². The number of alkyl halides is 1. The van der Waals surface area contributed by atoms with Gasteiger partial charge in [0.15, 0.2) is 0 Å². The molecule has 0 bridgehead atoms. The fourth-order valence-corrected chi connectivity index (χ4v) is 0. The second-order valence-electron chi connectivity index (χ2n) is 0.316. The number of rotatable bonds is 0. The molecule has 0 radical (unpaired) electrons. The van der Waals surface area contributed by atoms with Crippen LogP contribution in [0.1, 0.15) is 6.92 Å². The summed E-state index contributed by atoms with van der Waals surface area (Å²) in [5.74, 6) is 0. The van der Waals surface area contributed by atoms with Crippen LogP contribution in [0.4, 0.5) is 0 Å². The van der Waals surface area contributed by atoms with Crippen LogP contribution in [-0.4, -0.2) is 18.1 Å². The first-order valence-corrected chi connectivity index (χ1v) is 2.16. The molecule has 0 aromatic heterocycles. The van der Waals surface area contributed by atoms with Crippen LogP contribution in [0, 0.1) is 0 Å². The highest BCUT2D eigenvalue weighted by Crippen LogP contribution is 1.34. The maximum atomic E-state index is 7.57. The van der Waals surface area contributed by atoms with E-state index in [2.05, 4.69) is 11.6 Å². The van der Waals surface area contributed by atoms with E-state index in [1.807, 2.05) is 0 Å². The van der Waals surface area contributed by atoms with Crippen molar-refractivity contribution in [3.8, 4) is 0 Å². The summed E-state index contributed by atoms with van der Waals surface area (Å²) in [5, 5.41) is 7.57. The molecule has 0 heterocycles. The third kappa shape index (κ3) is 344. The molecule has 0 aliphatic carbocycles. The van der Waals surface area contributed by atoms with E-state index < -0.39 is 0 Å². The van der Waals surface area contributed by atoms with E-state index in [0.29, 0.717) is 0 Å². The van der Waals surface area contributed by atoms with Crippen molar-refractivity contribution < 1.29 is 5.11 Å². The Balaban J connectivity index is 0. The minimum atomic E-state index is 0.250. The van der Waals surface area contributed by atoms with Crippen LogP contribution < -0.4 is 0 Å². The molecular formula is C3H9ClO. The number of aliphatic hydroxyl groups excluding tert-OH is 1. The lowest BCUT2D eigenvalue weighted by atomic mass is 10.9. The van der Waals surface area contributed by atoms with Crippen molar-refractivity contribution in [1.29, 1.82) is 0 Å². The molecule has 0 rings (SSSR count). The average Bonchev–Trinajstić information content (AvgIpc) is 1.46. The Morgan fingerprint density at radius 2 is 1.60 bits per heavy atom. The van der Waals surface area contributed by atoms with Gasteiger partial charge in [-0.3, -0.25) is 0 Å². The summed E-state index contributed by atoms with van der Waals surface area (Å²) in [4.78, 5) is 0. The Morgan fingerprint density at radius 1 is 1.60 bits per heavy atom. The second-order valence-corrected chi connectivity index (χ2v) is 0.316. The molecule has 2 heteroatoms. The molecule has 1 N–H and O–H groups in total. The van der Waals surface area contributed by atoms with Gasteiger partial charge in [-0.05, 0) is 6.92 Å². The minimum Gasteiger partial charge on any atom is -0.397 e. The SMILES string of the molecule is CCO.CCl. The molecule has 1 nitrogen and oxygen atoms in total. The Labute approximate surface area is 37.6 Å². The quantitative estimate of drug-likeness (QED) is 0.444. The highest BCUT2D eigenvalue weighted by Gasteiger charge is 1.34. The van der Waals surface area contributed by atoms with Crippen molar-refractivity contribution in [3.63, 3.8) is 0 Å². The Kier molecular flexibility index (Phi) is 51.6. The zero-order valence-electron chi connectivity index (χ0n) is 3.53. The van der Waals surface area contributed by atoms with Gasteiger partial charge in [-0.1, -0.05) is 0 Å². The summed E-state index contributed by atoms with van der Waals surface area (Å²) in [6.07, 6.45) is 1.47. The highest BCUT2D eigenvalue weighted by molar-refractivity contribution is 6.15. The van der Waals surface area contributed by atoms with Crippen LogP contribution >= 0.6 is 11.6 Å². The predicted molar refractivity (Wildman–Crippen MR) is 24.5 cm³/mol. The average molecular weight is 96.6 g/mol. The lowest BCUT2D eigenvalue weighted by Crippen LogP contribution is -1.57. The first-order chi connectivity index (χ1) is 2.41. The molecule has 34 valence electrons.